The number of para-hydroxylation sites is 1. The van der Waals surface area contributed by atoms with Gasteiger partial charge in [0.15, 0.2) is 0 Å². The first-order valence-corrected chi connectivity index (χ1v) is 9.50. The first kappa shape index (κ1) is 17.4. The third kappa shape index (κ3) is 4.37. The molecule has 0 radical (unpaired) electrons. The van der Waals surface area contributed by atoms with Gasteiger partial charge in [0.2, 0.25) is 10.0 Å². The van der Waals surface area contributed by atoms with E-state index < -0.39 is 10.0 Å². The number of amides is 1. The van der Waals surface area contributed by atoms with Crippen molar-refractivity contribution in [1.29, 1.82) is 0 Å². The quantitative estimate of drug-likeness (QED) is 0.792. The van der Waals surface area contributed by atoms with Crippen LogP contribution in [-0.2, 0) is 16.6 Å². The van der Waals surface area contributed by atoms with Crippen LogP contribution in [0.3, 0.4) is 0 Å². The fourth-order valence-electron chi connectivity index (χ4n) is 2.42. The highest BCUT2D eigenvalue weighted by atomic mass is 32.2. The molecule has 0 heterocycles. The second kappa shape index (κ2) is 7.25. The molecule has 0 atom stereocenters. The average molecular weight is 360 g/mol. The molecule has 7 heteroatoms. The molecule has 1 saturated carbocycles. The van der Waals surface area contributed by atoms with E-state index in [2.05, 4.69) is 10.0 Å². The predicted molar refractivity (Wildman–Crippen MR) is 93.9 cm³/mol. The van der Waals surface area contributed by atoms with Crippen LogP contribution < -0.4 is 14.8 Å². The predicted octanol–water partition coefficient (Wildman–Crippen LogP) is 2.07. The maximum atomic E-state index is 12.4. The molecule has 6 nitrogen and oxygen atoms in total. The lowest BCUT2D eigenvalue weighted by molar-refractivity contribution is 0.0950. The van der Waals surface area contributed by atoms with Crippen LogP contribution in [0.2, 0.25) is 0 Å². The van der Waals surface area contributed by atoms with E-state index in [0.717, 1.165) is 18.4 Å². The van der Waals surface area contributed by atoms with Crippen LogP contribution in [0.1, 0.15) is 28.8 Å². The molecule has 0 unspecified atom stereocenters. The van der Waals surface area contributed by atoms with Gasteiger partial charge in [-0.15, -0.1) is 0 Å². The van der Waals surface area contributed by atoms with E-state index in [4.69, 9.17) is 4.74 Å². The highest BCUT2D eigenvalue weighted by Crippen LogP contribution is 2.22. The Labute approximate surface area is 147 Å². The van der Waals surface area contributed by atoms with Gasteiger partial charge in [-0.05, 0) is 37.1 Å². The van der Waals surface area contributed by atoms with Crippen molar-refractivity contribution in [1.82, 2.24) is 10.0 Å². The number of hydrogen-bond donors (Lipinski definition) is 2. The summed E-state index contributed by atoms with van der Waals surface area (Å²) in [4.78, 5) is 12.5. The lowest BCUT2D eigenvalue weighted by Crippen LogP contribution is -2.27. The van der Waals surface area contributed by atoms with Gasteiger partial charge in [0.1, 0.15) is 5.75 Å². The van der Waals surface area contributed by atoms with Crippen LogP contribution in [0.5, 0.6) is 5.75 Å². The SMILES string of the molecule is COc1ccccc1CNC(=O)c1cccc(S(=O)(=O)NC2CC2)c1. The molecule has 0 aromatic heterocycles. The number of sulfonamides is 1. The van der Waals surface area contributed by atoms with Crippen molar-refractivity contribution in [2.45, 2.75) is 30.3 Å². The second-order valence-electron chi connectivity index (χ2n) is 5.92. The van der Waals surface area contributed by atoms with Gasteiger partial charge in [0.25, 0.3) is 5.91 Å². The summed E-state index contributed by atoms with van der Waals surface area (Å²) >= 11 is 0. The van der Waals surface area contributed by atoms with Gasteiger partial charge >= 0.3 is 0 Å². The molecule has 25 heavy (non-hydrogen) atoms. The fourth-order valence-corrected chi connectivity index (χ4v) is 3.77. The average Bonchev–Trinajstić information content (AvgIpc) is 3.43. The van der Waals surface area contributed by atoms with Gasteiger partial charge in [-0.25, -0.2) is 13.1 Å². The Bertz CT molecular complexity index is 876. The summed E-state index contributed by atoms with van der Waals surface area (Å²) in [5, 5.41) is 2.79. The summed E-state index contributed by atoms with van der Waals surface area (Å²) in [5.41, 5.74) is 1.14. The van der Waals surface area contributed by atoms with Gasteiger partial charge in [-0.1, -0.05) is 24.3 Å². The monoisotopic (exact) mass is 360 g/mol. The first-order valence-electron chi connectivity index (χ1n) is 8.02. The van der Waals surface area contributed by atoms with Crippen LogP contribution in [0, 0.1) is 0 Å². The standard InChI is InChI=1S/C18H20N2O4S/c1-24-17-8-3-2-5-14(17)12-19-18(21)13-6-4-7-16(11-13)25(22,23)20-15-9-10-15/h2-8,11,15,20H,9-10,12H2,1H3,(H,19,21). The number of benzene rings is 2. The molecule has 0 spiro atoms. The number of carbonyl (C=O) groups excluding carboxylic acids is 1. The third-order valence-electron chi connectivity index (χ3n) is 3.94. The normalized spacial score (nSPS) is 14.1. The van der Waals surface area contributed by atoms with Gasteiger partial charge < -0.3 is 10.1 Å². The van der Waals surface area contributed by atoms with Crippen LogP contribution >= 0.6 is 0 Å². The topological polar surface area (TPSA) is 84.5 Å². The summed E-state index contributed by atoms with van der Waals surface area (Å²) < 4.78 is 32.4. The van der Waals surface area contributed by atoms with Crippen LogP contribution in [0.15, 0.2) is 53.4 Å². The Hall–Kier alpha value is -2.38. The molecule has 3 rings (SSSR count). The van der Waals surface area contributed by atoms with E-state index in [9.17, 15) is 13.2 Å². The minimum absolute atomic E-state index is 0.0213. The molecular formula is C18H20N2O4S. The van der Waals surface area contributed by atoms with Crippen molar-refractivity contribution >= 4 is 15.9 Å². The summed E-state index contributed by atoms with van der Waals surface area (Å²) in [6.45, 7) is 0.292. The molecule has 1 aliphatic rings. The maximum Gasteiger partial charge on any atom is 0.251 e. The zero-order chi connectivity index (χ0) is 17.9. The number of nitrogens with one attached hydrogen (secondary N) is 2. The summed E-state index contributed by atoms with van der Waals surface area (Å²) in [6, 6.07) is 13.5. The Balaban J connectivity index is 1.71. The minimum Gasteiger partial charge on any atom is -0.496 e. The first-order chi connectivity index (χ1) is 12.0. The van der Waals surface area contributed by atoms with Crippen LogP contribution in [0.4, 0.5) is 0 Å². The highest BCUT2D eigenvalue weighted by molar-refractivity contribution is 7.89. The van der Waals surface area contributed by atoms with Crippen molar-refractivity contribution in [3.05, 3.63) is 59.7 Å². The minimum atomic E-state index is -3.58. The Morgan fingerprint density at radius 1 is 1.16 bits per heavy atom. The third-order valence-corrected chi connectivity index (χ3v) is 5.46. The molecule has 0 saturated heterocycles. The molecule has 1 amide bonds. The number of carbonyl (C=O) groups is 1. The van der Waals surface area contributed by atoms with Crippen LogP contribution in [-0.4, -0.2) is 27.5 Å². The summed E-state index contributed by atoms with van der Waals surface area (Å²) in [5.74, 6) is 0.349. The zero-order valence-corrected chi connectivity index (χ0v) is 14.7. The van der Waals surface area contributed by atoms with Gasteiger partial charge in [0, 0.05) is 23.7 Å². The number of methoxy groups -OCH3 is 1. The molecular weight excluding hydrogens is 340 g/mol. The second-order valence-corrected chi connectivity index (χ2v) is 7.63. The molecule has 0 aliphatic heterocycles. The summed E-state index contributed by atoms with van der Waals surface area (Å²) in [7, 11) is -2.01. The lowest BCUT2D eigenvalue weighted by atomic mass is 10.2. The van der Waals surface area contributed by atoms with E-state index in [1.54, 1.807) is 19.2 Å². The van der Waals surface area contributed by atoms with E-state index in [-0.39, 0.29) is 16.8 Å². The van der Waals surface area contributed by atoms with Gasteiger partial charge in [-0.2, -0.15) is 0 Å². The lowest BCUT2D eigenvalue weighted by Gasteiger charge is -2.10. The highest BCUT2D eigenvalue weighted by Gasteiger charge is 2.28. The Kier molecular flexibility index (Phi) is 5.06. The summed E-state index contributed by atoms with van der Waals surface area (Å²) in [6.07, 6.45) is 1.72. The largest absolute Gasteiger partial charge is 0.496 e. The van der Waals surface area contributed by atoms with Crippen molar-refractivity contribution in [3.63, 3.8) is 0 Å². The zero-order valence-electron chi connectivity index (χ0n) is 13.9. The molecule has 2 N–H and O–H groups in total. The van der Waals surface area contributed by atoms with Crippen molar-refractivity contribution < 1.29 is 17.9 Å². The molecule has 1 aliphatic carbocycles. The van der Waals surface area contributed by atoms with E-state index in [1.165, 1.54) is 12.1 Å². The van der Waals surface area contributed by atoms with Gasteiger partial charge in [0.05, 0.1) is 12.0 Å². The Morgan fingerprint density at radius 3 is 2.64 bits per heavy atom. The Morgan fingerprint density at radius 2 is 1.92 bits per heavy atom. The maximum absolute atomic E-state index is 12.4. The number of rotatable bonds is 7. The smallest absolute Gasteiger partial charge is 0.251 e. The fraction of sp³-hybridized carbons (Fsp3) is 0.278. The molecule has 0 bridgehead atoms. The van der Waals surface area contributed by atoms with Crippen LogP contribution in [0.25, 0.3) is 0 Å². The van der Waals surface area contributed by atoms with E-state index in [0.29, 0.717) is 17.9 Å². The van der Waals surface area contributed by atoms with Crippen molar-refractivity contribution in [3.8, 4) is 5.75 Å². The number of ether oxygens (including phenoxy) is 1. The molecule has 2 aromatic rings. The van der Waals surface area contributed by atoms with E-state index in [1.807, 2.05) is 24.3 Å². The van der Waals surface area contributed by atoms with E-state index >= 15 is 0 Å². The molecule has 1 fully saturated rings. The molecule has 2 aromatic carbocycles. The number of hydrogen-bond acceptors (Lipinski definition) is 4. The molecule has 132 valence electrons. The van der Waals surface area contributed by atoms with Crippen molar-refractivity contribution in [2.24, 2.45) is 0 Å². The van der Waals surface area contributed by atoms with Crippen molar-refractivity contribution in [2.75, 3.05) is 7.11 Å². The van der Waals surface area contributed by atoms with Gasteiger partial charge in [-0.3, -0.25) is 4.79 Å².